The Bertz CT molecular complexity index is 205. The molecule has 3 heteroatoms. The first-order valence-corrected chi connectivity index (χ1v) is 5.40. The Hall–Kier alpha value is -0.830. The maximum atomic E-state index is 11.4. The predicted octanol–water partition coefficient (Wildman–Crippen LogP) is 1.21. The molecule has 0 bridgehead atoms. The fourth-order valence-corrected chi connectivity index (χ4v) is 1.43. The molecule has 0 radical (unpaired) electrons. The van der Waals surface area contributed by atoms with Gasteiger partial charge in [-0.25, -0.2) is 0 Å². The fraction of sp³-hybridized carbons (Fsp3) is 0.727. The lowest BCUT2D eigenvalue weighted by Crippen LogP contribution is -2.41. The van der Waals surface area contributed by atoms with E-state index in [-0.39, 0.29) is 5.91 Å². The van der Waals surface area contributed by atoms with Gasteiger partial charge in [0.15, 0.2) is 0 Å². The van der Waals surface area contributed by atoms with Crippen LogP contribution in [0.1, 0.15) is 33.1 Å². The quantitative estimate of drug-likeness (QED) is 0.649. The molecule has 2 N–H and O–H groups in total. The molecule has 0 aromatic carbocycles. The highest BCUT2D eigenvalue weighted by atomic mass is 16.1. The summed E-state index contributed by atoms with van der Waals surface area (Å²) in [4.78, 5) is 11.4. The number of nitrogens with one attached hydrogen (secondary N) is 2. The highest BCUT2D eigenvalue weighted by Gasteiger charge is 2.12. The van der Waals surface area contributed by atoms with Crippen LogP contribution in [0.2, 0.25) is 0 Å². The summed E-state index contributed by atoms with van der Waals surface area (Å²) >= 11 is 0. The second kappa shape index (κ2) is 5.81. The van der Waals surface area contributed by atoms with Gasteiger partial charge in [-0.15, -0.1) is 0 Å². The number of hydrogen-bond acceptors (Lipinski definition) is 2. The van der Waals surface area contributed by atoms with Crippen molar-refractivity contribution >= 4 is 5.91 Å². The largest absolute Gasteiger partial charge is 0.352 e. The Balaban J connectivity index is 2.09. The van der Waals surface area contributed by atoms with Crippen molar-refractivity contribution in [3.8, 4) is 0 Å². The Morgan fingerprint density at radius 2 is 2.14 bits per heavy atom. The Morgan fingerprint density at radius 1 is 1.50 bits per heavy atom. The number of carbonyl (C=O) groups excluding carboxylic acids is 1. The molecule has 0 fully saturated rings. The van der Waals surface area contributed by atoms with Gasteiger partial charge in [0, 0.05) is 12.1 Å². The van der Waals surface area contributed by atoms with Gasteiger partial charge in [0.1, 0.15) is 0 Å². The van der Waals surface area contributed by atoms with Crippen LogP contribution in [0.4, 0.5) is 0 Å². The lowest BCUT2D eigenvalue weighted by molar-refractivity contribution is -0.121. The van der Waals surface area contributed by atoms with Crippen LogP contribution in [-0.2, 0) is 4.79 Å². The van der Waals surface area contributed by atoms with Crippen LogP contribution >= 0.6 is 0 Å². The van der Waals surface area contributed by atoms with E-state index in [2.05, 4.69) is 36.6 Å². The van der Waals surface area contributed by atoms with Crippen LogP contribution in [0.5, 0.6) is 0 Å². The molecule has 0 spiro atoms. The van der Waals surface area contributed by atoms with Crippen LogP contribution < -0.4 is 10.6 Å². The number of amides is 1. The lowest BCUT2D eigenvalue weighted by Gasteiger charge is -2.14. The maximum absolute atomic E-state index is 11.4. The molecule has 1 amide bonds. The summed E-state index contributed by atoms with van der Waals surface area (Å²) in [5.74, 6) is 0.110. The van der Waals surface area contributed by atoms with E-state index in [0.29, 0.717) is 18.6 Å². The first-order chi connectivity index (χ1) is 6.72. The van der Waals surface area contributed by atoms with Gasteiger partial charge >= 0.3 is 0 Å². The zero-order valence-corrected chi connectivity index (χ0v) is 9.05. The van der Waals surface area contributed by atoms with Gasteiger partial charge in [0.2, 0.25) is 5.91 Å². The highest BCUT2D eigenvalue weighted by Crippen LogP contribution is 2.08. The van der Waals surface area contributed by atoms with Crippen LogP contribution in [0.15, 0.2) is 12.2 Å². The van der Waals surface area contributed by atoms with Crippen LogP contribution in [-0.4, -0.2) is 24.5 Å². The third kappa shape index (κ3) is 3.92. The Morgan fingerprint density at radius 3 is 2.71 bits per heavy atom. The second-order valence-electron chi connectivity index (χ2n) is 3.90. The highest BCUT2D eigenvalue weighted by molar-refractivity contribution is 5.78. The molecule has 0 saturated heterocycles. The fourth-order valence-electron chi connectivity index (χ4n) is 1.43. The van der Waals surface area contributed by atoms with Gasteiger partial charge in [0.05, 0.1) is 6.54 Å². The molecule has 1 rings (SSSR count). The second-order valence-corrected chi connectivity index (χ2v) is 3.90. The minimum atomic E-state index is 0.110. The monoisotopic (exact) mass is 196 g/mol. The molecular formula is C11H20N2O. The van der Waals surface area contributed by atoms with E-state index in [1.54, 1.807) is 0 Å². The minimum Gasteiger partial charge on any atom is -0.352 e. The van der Waals surface area contributed by atoms with Crippen molar-refractivity contribution in [2.75, 3.05) is 6.54 Å². The van der Waals surface area contributed by atoms with E-state index in [4.69, 9.17) is 0 Å². The van der Waals surface area contributed by atoms with E-state index in [1.165, 1.54) is 0 Å². The van der Waals surface area contributed by atoms with Crippen LogP contribution in [0, 0.1) is 0 Å². The van der Waals surface area contributed by atoms with Gasteiger partial charge in [0.25, 0.3) is 0 Å². The van der Waals surface area contributed by atoms with Crippen molar-refractivity contribution in [1.82, 2.24) is 10.6 Å². The smallest absolute Gasteiger partial charge is 0.234 e. The number of carbonyl (C=O) groups is 1. The molecular weight excluding hydrogens is 176 g/mol. The molecule has 0 heterocycles. The molecule has 1 unspecified atom stereocenters. The van der Waals surface area contributed by atoms with Crippen LogP contribution in [0.25, 0.3) is 0 Å². The average molecular weight is 196 g/mol. The molecule has 0 saturated carbocycles. The standard InChI is InChI=1S/C11H20N2O/c1-3-9(2)12-8-11(14)13-10-6-4-5-7-10/h4-5,9-10,12H,3,6-8H2,1-2H3,(H,13,14). The third-order valence-corrected chi connectivity index (χ3v) is 2.60. The van der Waals surface area contributed by atoms with Crippen LogP contribution in [0.3, 0.4) is 0 Å². The Kier molecular flexibility index (Phi) is 4.66. The van der Waals surface area contributed by atoms with Crippen molar-refractivity contribution in [3.05, 3.63) is 12.2 Å². The molecule has 80 valence electrons. The lowest BCUT2D eigenvalue weighted by atomic mass is 10.2. The van der Waals surface area contributed by atoms with Gasteiger partial charge in [-0.2, -0.15) is 0 Å². The van der Waals surface area contributed by atoms with E-state index in [0.717, 1.165) is 19.3 Å². The summed E-state index contributed by atoms with van der Waals surface area (Å²) in [5.41, 5.74) is 0. The van der Waals surface area contributed by atoms with E-state index < -0.39 is 0 Å². The summed E-state index contributed by atoms with van der Waals surface area (Å²) in [6.07, 6.45) is 7.25. The van der Waals surface area contributed by atoms with Gasteiger partial charge < -0.3 is 10.6 Å². The molecule has 1 atom stereocenters. The van der Waals surface area contributed by atoms with Crippen molar-refractivity contribution in [3.63, 3.8) is 0 Å². The molecule has 1 aliphatic carbocycles. The van der Waals surface area contributed by atoms with Crippen molar-refractivity contribution in [1.29, 1.82) is 0 Å². The summed E-state index contributed by atoms with van der Waals surface area (Å²) in [6.45, 7) is 4.63. The Labute approximate surface area is 86.0 Å². The van der Waals surface area contributed by atoms with Crippen molar-refractivity contribution in [2.24, 2.45) is 0 Å². The van der Waals surface area contributed by atoms with Crippen molar-refractivity contribution < 1.29 is 4.79 Å². The average Bonchev–Trinajstić information content (AvgIpc) is 2.66. The predicted molar refractivity (Wildman–Crippen MR) is 58.1 cm³/mol. The van der Waals surface area contributed by atoms with E-state index >= 15 is 0 Å². The number of rotatable bonds is 5. The maximum Gasteiger partial charge on any atom is 0.234 e. The summed E-state index contributed by atoms with van der Waals surface area (Å²) in [5, 5.41) is 6.17. The van der Waals surface area contributed by atoms with E-state index in [9.17, 15) is 4.79 Å². The zero-order chi connectivity index (χ0) is 10.4. The molecule has 3 nitrogen and oxygen atoms in total. The SMILES string of the molecule is CCC(C)NCC(=O)NC1CC=CC1. The molecule has 0 aliphatic heterocycles. The third-order valence-electron chi connectivity index (χ3n) is 2.60. The molecule has 0 aromatic heterocycles. The van der Waals surface area contributed by atoms with E-state index in [1.807, 2.05) is 0 Å². The summed E-state index contributed by atoms with van der Waals surface area (Å²) in [6, 6.07) is 0.753. The molecule has 14 heavy (non-hydrogen) atoms. The first kappa shape index (κ1) is 11.2. The molecule has 0 aromatic rings. The minimum absolute atomic E-state index is 0.110. The molecule has 1 aliphatic rings. The number of hydrogen-bond donors (Lipinski definition) is 2. The summed E-state index contributed by atoms with van der Waals surface area (Å²) < 4.78 is 0. The zero-order valence-electron chi connectivity index (χ0n) is 9.05. The van der Waals surface area contributed by atoms with Gasteiger partial charge in [-0.3, -0.25) is 4.79 Å². The normalized spacial score (nSPS) is 18.4. The summed E-state index contributed by atoms with van der Waals surface area (Å²) in [7, 11) is 0. The van der Waals surface area contributed by atoms with Gasteiger partial charge in [-0.05, 0) is 26.2 Å². The topological polar surface area (TPSA) is 41.1 Å². The van der Waals surface area contributed by atoms with Crippen molar-refractivity contribution in [2.45, 2.75) is 45.2 Å². The van der Waals surface area contributed by atoms with Gasteiger partial charge in [-0.1, -0.05) is 19.1 Å². The first-order valence-electron chi connectivity index (χ1n) is 5.40.